The Morgan fingerprint density at radius 2 is 2.05 bits per heavy atom. The largest absolute Gasteiger partial charge is 0.481 e. The van der Waals surface area contributed by atoms with Crippen molar-refractivity contribution in [2.75, 3.05) is 0 Å². The molecule has 0 radical (unpaired) electrons. The summed E-state index contributed by atoms with van der Waals surface area (Å²) in [6, 6.07) is 2.97. The van der Waals surface area contributed by atoms with Gasteiger partial charge in [-0.3, -0.25) is 9.59 Å². The minimum absolute atomic E-state index is 0.0193. The molecule has 0 unspecified atom stereocenters. The van der Waals surface area contributed by atoms with E-state index in [1.807, 2.05) is 0 Å². The van der Waals surface area contributed by atoms with Gasteiger partial charge in [-0.05, 0) is 31.4 Å². The van der Waals surface area contributed by atoms with E-state index in [-0.39, 0.29) is 22.3 Å². The molecule has 1 aromatic rings. The summed E-state index contributed by atoms with van der Waals surface area (Å²) in [4.78, 5) is 26.8. The van der Waals surface area contributed by atoms with Gasteiger partial charge in [0, 0.05) is 0 Å². The van der Waals surface area contributed by atoms with Crippen LogP contribution in [0.25, 0.3) is 0 Å². The fourth-order valence-corrected chi connectivity index (χ4v) is 2.46. The van der Waals surface area contributed by atoms with Crippen molar-refractivity contribution in [2.24, 2.45) is 0 Å². The van der Waals surface area contributed by atoms with E-state index in [1.54, 1.807) is 0 Å². The van der Waals surface area contributed by atoms with E-state index in [0.29, 0.717) is 12.8 Å². The highest BCUT2D eigenvalue weighted by molar-refractivity contribution is 6.34. The summed E-state index contributed by atoms with van der Waals surface area (Å²) in [6.45, 7) is 0. The Morgan fingerprint density at radius 3 is 2.58 bits per heavy atom. The quantitative estimate of drug-likeness (QED) is 0.838. The third-order valence-corrected chi connectivity index (χ3v) is 3.72. The monoisotopic (exact) mass is 302 g/mol. The Morgan fingerprint density at radius 1 is 1.37 bits per heavy atom. The maximum absolute atomic E-state index is 12.1. The lowest BCUT2D eigenvalue weighted by Gasteiger charge is -2.41. The first-order valence-electron chi connectivity index (χ1n) is 5.78. The van der Waals surface area contributed by atoms with Crippen molar-refractivity contribution in [3.8, 4) is 0 Å². The number of carbonyl (C=O) groups is 2. The number of halogens is 2. The molecule has 1 aromatic heterocycles. The van der Waals surface area contributed by atoms with E-state index in [4.69, 9.17) is 28.3 Å². The predicted molar refractivity (Wildman–Crippen MR) is 70.6 cm³/mol. The topological polar surface area (TPSA) is 79.3 Å². The van der Waals surface area contributed by atoms with Crippen molar-refractivity contribution in [2.45, 2.75) is 31.2 Å². The molecular weight excluding hydrogens is 291 g/mol. The van der Waals surface area contributed by atoms with Crippen LogP contribution in [0.5, 0.6) is 0 Å². The van der Waals surface area contributed by atoms with Crippen LogP contribution in [0, 0.1) is 0 Å². The number of aliphatic carboxylic acids is 1. The van der Waals surface area contributed by atoms with Crippen LogP contribution in [-0.2, 0) is 4.79 Å². The molecule has 5 nitrogen and oxygen atoms in total. The molecule has 7 heteroatoms. The molecular formula is C12H12Cl2N2O3. The lowest BCUT2D eigenvalue weighted by Crippen LogP contribution is -2.54. The second kappa shape index (κ2) is 5.35. The maximum atomic E-state index is 12.1. The molecule has 1 aliphatic rings. The number of amides is 1. The Kier molecular flexibility index (Phi) is 3.96. The van der Waals surface area contributed by atoms with E-state index in [2.05, 4.69) is 10.3 Å². The number of carboxylic acids is 1. The Bertz CT molecular complexity index is 530. The summed E-state index contributed by atoms with van der Waals surface area (Å²) in [5, 5.41) is 12.0. The van der Waals surface area contributed by atoms with Crippen molar-refractivity contribution in [1.82, 2.24) is 10.3 Å². The van der Waals surface area contributed by atoms with Crippen LogP contribution in [-0.4, -0.2) is 27.5 Å². The fraction of sp³-hybridized carbons (Fsp3) is 0.417. The summed E-state index contributed by atoms with van der Waals surface area (Å²) in [6.07, 6.45) is 2.08. The minimum Gasteiger partial charge on any atom is -0.481 e. The number of carboxylic acid groups (broad SMARTS) is 1. The lowest BCUT2D eigenvalue weighted by atomic mass is 9.74. The number of rotatable bonds is 4. The normalized spacial score (nSPS) is 16.5. The lowest BCUT2D eigenvalue weighted by molar-refractivity contribution is -0.139. The van der Waals surface area contributed by atoms with Gasteiger partial charge in [0.2, 0.25) is 0 Å². The number of nitrogens with one attached hydrogen (secondary N) is 1. The average Bonchev–Trinajstić information content (AvgIpc) is 2.28. The summed E-state index contributed by atoms with van der Waals surface area (Å²) in [5.41, 5.74) is -0.665. The molecule has 1 heterocycles. The Balaban J connectivity index is 2.16. The van der Waals surface area contributed by atoms with E-state index < -0.39 is 17.4 Å². The molecule has 1 amide bonds. The van der Waals surface area contributed by atoms with E-state index in [0.717, 1.165) is 6.42 Å². The van der Waals surface area contributed by atoms with Gasteiger partial charge in [0.1, 0.15) is 10.8 Å². The van der Waals surface area contributed by atoms with Crippen molar-refractivity contribution in [3.05, 3.63) is 28.0 Å². The Labute approximate surface area is 119 Å². The molecule has 102 valence electrons. The number of hydrogen-bond donors (Lipinski definition) is 2. The molecule has 0 atom stereocenters. The minimum atomic E-state index is -0.940. The molecule has 1 saturated carbocycles. The van der Waals surface area contributed by atoms with Gasteiger partial charge in [0.05, 0.1) is 17.0 Å². The zero-order chi connectivity index (χ0) is 14.0. The van der Waals surface area contributed by atoms with Gasteiger partial charge < -0.3 is 10.4 Å². The molecule has 0 aliphatic heterocycles. The van der Waals surface area contributed by atoms with Crippen LogP contribution in [0.1, 0.15) is 36.2 Å². The zero-order valence-electron chi connectivity index (χ0n) is 9.95. The maximum Gasteiger partial charge on any atom is 0.305 e. The van der Waals surface area contributed by atoms with Gasteiger partial charge in [-0.25, -0.2) is 4.98 Å². The first-order chi connectivity index (χ1) is 8.92. The third kappa shape index (κ3) is 3.16. The predicted octanol–water partition coefficient (Wildman–Crippen LogP) is 2.52. The van der Waals surface area contributed by atoms with Gasteiger partial charge in [-0.1, -0.05) is 23.2 Å². The molecule has 0 aromatic carbocycles. The fourth-order valence-electron chi connectivity index (χ4n) is 2.12. The van der Waals surface area contributed by atoms with E-state index in [9.17, 15) is 9.59 Å². The number of pyridine rings is 1. The van der Waals surface area contributed by atoms with Gasteiger partial charge in [-0.15, -0.1) is 0 Å². The van der Waals surface area contributed by atoms with Gasteiger partial charge in [0.25, 0.3) is 5.91 Å². The van der Waals surface area contributed by atoms with Gasteiger partial charge in [-0.2, -0.15) is 0 Å². The molecule has 19 heavy (non-hydrogen) atoms. The molecule has 1 fully saturated rings. The van der Waals surface area contributed by atoms with Crippen LogP contribution in [0.4, 0.5) is 0 Å². The molecule has 2 rings (SSSR count). The first kappa shape index (κ1) is 14.1. The number of hydrogen-bond acceptors (Lipinski definition) is 3. The molecule has 0 saturated heterocycles. The van der Waals surface area contributed by atoms with Crippen LogP contribution in [0.3, 0.4) is 0 Å². The van der Waals surface area contributed by atoms with E-state index >= 15 is 0 Å². The number of nitrogens with zero attached hydrogens (tertiary/aromatic N) is 1. The highest BCUT2D eigenvalue weighted by Crippen LogP contribution is 2.35. The van der Waals surface area contributed by atoms with Gasteiger partial charge in [0.15, 0.2) is 0 Å². The van der Waals surface area contributed by atoms with Crippen molar-refractivity contribution >= 4 is 35.1 Å². The standard InChI is InChI=1S/C12H12Cl2N2O3/c13-7-2-3-8(14)15-10(7)11(19)16-12(4-1-5-12)6-9(17)18/h2-3H,1,4-6H2,(H,16,19)(H,17,18). The second-order valence-electron chi connectivity index (χ2n) is 4.62. The van der Waals surface area contributed by atoms with Gasteiger partial charge >= 0.3 is 5.97 Å². The van der Waals surface area contributed by atoms with Crippen molar-refractivity contribution in [3.63, 3.8) is 0 Å². The highest BCUT2D eigenvalue weighted by Gasteiger charge is 2.40. The van der Waals surface area contributed by atoms with Crippen LogP contribution in [0.15, 0.2) is 12.1 Å². The third-order valence-electron chi connectivity index (χ3n) is 3.21. The smallest absolute Gasteiger partial charge is 0.305 e. The van der Waals surface area contributed by atoms with Crippen molar-refractivity contribution in [1.29, 1.82) is 0 Å². The molecule has 2 N–H and O–H groups in total. The molecule has 0 bridgehead atoms. The SMILES string of the molecule is O=C(O)CC1(NC(=O)c2nc(Cl)ccc2Cl)CCC1. The first-order valence-corrected chi connectivity index (χ1v) is 6.54. The highest BCUT2D eigenvalue weighted by atomic mass is 35.5. The van der Waals surface area contributed by atoms with Crippen LogP contribution >= 0.6 is 23.2 Å². The summed E-state index contributed by atoms with van der Waals surface area (Å²) in [5.74, 6) is -1.43. The molecule has 1 aliphatic carbocycles. The Hall–Kier alpha value is -1.33. The average molecular weight is 303 g/mol. The van der Waals surface area contributed by atoms with Crippen molar-refractivity contribution < 1.29 is 14.7 Å². The second-order valence-corrected chi connectivity index (χ2v) is 5.42. The number of aromatic nitrogens is 1. The molecule has 0 spiro atoms. The summed E-state index contributed by atoms with van der Waals surface area (Å²) < 4.78 is 0. The van der Waals surface area contributed by atoms with E-state index in [1.165, 1.54) is 12.1 Å². The van der Waals surface area contributed by atoms with Crippen LogP contribution in [0.2, 0.25) is 10.2 Å². The summed E-state index contributed by atoms with van der Waals surface area (Å²) >= 11 is 11.6. The summed E-state index contributed by atoms with van der Waals surface area (Å²) in [7, 11) is 0. The van der Waals surface area contributed by atoms with Crippen LogP contribution < -0.4 is 5.32 Å². The zero-order valence-corrected chi connectivity index (χ0v) is 11.5. The number of carbonyl (C=O) groups excluding carboxylic acids is 1.